The number of para-hydroxylation sites is 1. The van der Waals surface area contributed by atoms with Gasteiger partial charge >= 0.3 is 12.0 Å². The molecule has 0 saturated carbocycles. The number of methoxy groups -OCH3 is 1. The van der Waals surface area contributed by atoms with Crippen LogP contribution in [0.5, 0.6) is 0 Å². The second kappa shape index (κ2) is 10.2. The van der Waals surface area contributed by atoms with E-state index >= 15 is 0 Å². The highest BCUT2D eigenvalue weighted by Crippen LogP contribution is 2.23. The molecule has 8 heteroatoms. The number of ether oxygens (including phenoxy) is 1. The van der Waals surface area contributed by atoms with Gasteiger partial charge in [0.1, 0.15) is 12.1 Å². The Hall–Kier alpha value is -2.87. The molecule has 1 aromatic heterocycles. The van der Waals surface area contributed by atoms with Crippen molar-refractivity contribution >= 4 is 34.9 Å². The molecule has 2 aromatic rings. The van der Waals surface area contributed by atoms with E-state index in [0.29, 0.717) is 31.6 Å². The molecule has 1 aliphatic rings. The Bertz CT molecular complexity index is 857. The monoisotopic (exact) mass is 429 g/mol. The zero-order valence-corrected chi connectivity index (χ0v) is 18.1. The molecule has 160 valence electrons. The number of benzene rings is 1. The predicted molar refractivity (Wildman–Crippen MR) is 116 cm³/mol. The third kappa shape index (κ3) is 5.18. The molecule has 0 radical (unpaired) electrons. The van der Waals surface area contributed by atoms with Crippen molar-refractivity contribution < 1.29 is 19.1 Å². The molecule has 3 rings (SSSR count). The quantitative estimate of drug-likeness (QED) is 0.685. The van der Waals surface area contributed by atoms with Gasteiger partial charge in [-0.25, -0.2) is 9.59 Å². The smallest absolute Gasteiger partial charge is 0.328 e. The summed E-state index contributed by atoms with van der Waals surface area (Å²) < 4.78 is 4.87. The van der Waals surface area contributed by atoms with Crippen molar-refractivity contribution in [2.75, 3.05) is 25.5 Å². The van der Waals surface area contributed by atoms with E-state index in [9.17, 15) is 14.4 Å². The lowest BCUT2D eigenvalue weighted by molar-refractivity contribution is -0.145. The molecule has 1 aromatic carbocycles. The predicted octanol–water partition coefficient (Wildman–Crippen LogP) is 3.38. The number of likely N-dealkylation sites (tertiary alicyclic amines) is 1. The van der Waals surface area contributed by atoms with Gasteiger partial charge in [-0.15, -0.1) is 11.3 Å². The van der Waals surface area contributed by atoms with E-state index < -0.39 is 18.1 Å². The Morgan fingerprint density at radius 3 is 2.67 bits per heavy atom. The molecule has 2 heterocycles. The van der Waals surface area contributed by atoms with Crippen molar-refractivity contribution in [3.05, 3.63) is 52.7 Å². The van der Waals surface area contributed by atoms with Crippen molar-refractivity contribution in [2.24, 2.45) is 0 Å². The lowest BCUT2D eigenvalue weighted by Gasteiger charge is -2.34. The summed E-state index contributed by atoms with van der Waals surface area (Å²) in [5, 5.41) is 4.87. The van der Waals surface area contributed by atoms with E-state index in [1.165, 1.54) is 12.0 Å². The summed E-state index contributed by atoms with van der Waals surface area (Å²) in [6, 6.07) is 11.5. The average molecular weight is 430 g/mol. The average Bonchev–Trinajstić information content (AvgIpc) is 3.45. The Morgan fingerprint density at radius 1 is 1.23 bits per heavy atom. The van der Waals surface area contributed by atoms with Gasteiger partial charge in [-0.2, -0.15) is 0 Å². The number of carbonyl (C=O) groups excluding carboxylic acids is 3. The van der Waals surface area contributed by atoms with E-state index in [2.05, 4.69) is 5.32 Å². The molecule has 1 fully saturated rings. The highest BCUT2D eigenvalue weighted by molar-refractivity contribution is 7.09. The zero-order valence-electron chi connectivity index (χ0n) is 17.2. The molecule has 2 atom stereocenters. The first-order valence-electron chi connectivity index (χ1n) is 10.0. The Kier molecular flexibility index (Phi) is 7.46. The summed E-state index contributed by atoms with van der Waals surface area (Å²) in [7, 11) is 1.31. The standard InChI is InChI=1S/C22H27N3O4S/c1-16(21(27)29-2)24(14-12-18-10-7-15-30-18)22(28)25-13-6-11-19(25)20(26)23-17-8-4-3-5-9-17/h3-5,7-10,15-16,19H,6,11-14H2,1-2H3,(H,23,26). The highest BCUT2D eigenvalue weighted by Gasteiger charge is 2.38. The van der Waals surface area contributed by atoms with E-state index in [-0.39, 0.29) is 11.9 Å². The van der Waals surface area contributed by atoms with Gasteiger partial charge in [0, 0.05) is 23.7 Å². The zero-order chi connectivity index (χ0) is 21.5. The van der Waals surface area contributed by atoms with Crippen LogP contribution in [0.4, 0.5) is 10.5 Å². The fourth-order valence-electron chi connectivity index (χ4n) is 3.62. The summed E-state index contributed by atoms with van der Waals surface area (Å²) in [6.45, 7) is 2.52. The maximum Gasteiger partial charge on any atom is 0.328 e. The summed E-state index contributed by atoms with van der Waals surface area (Å²) in [5.74, 6) is -0.685. The molecule has 7 nitrogen and oxygen atoms in total. The summed E-state index contributed by atoms with van der Waals surface area (Å²) in [5.41, 5.74) is 0.694. The van der Waals surface area contributed by atoms with Crippen LogP contribution in [0.15, 0.2) is 47.8 Å². The minimum absolute atomic E-state index is 0.212. The van der Waals surface area contributed by atoms with Crippen LogP contribution in [0.2, 0.25) is 0 Å². The number of amides is 3. The first-order chi connectivity index (χ1) is 14.5. The molecule has 1 aliphatic heterocycles. The number of nitrogens with one attached hydrogen (secondary N) is 1. The van der Waals surface area contributed by atoms with Gasteiger partial charge in [-0.1, -0.05) is 24.3 Å². The van der Waals surface area contributed by atoms with Gasteiger partial charge in [-0.05, 0) is 49.8 Å². The molecular weight excluding hydrogens is 402 g/mol. The Balaban J connectivity index is 1.73. The number of carbonyl (C=O) groups is 3. The number of hydrogen-bond acceptors (Lipinski definition) is 5. The number of urea groups is 1. The third-order valence-electron chi connectivity index (χ3n) is 5.28. The molecular formula is C22H27N3O4S. The molecule has 3 amide bonds. The molecule has 1 saturated heterocycles. The summed E-state index contributed by atoms with van der Waals surface area (Å²) >= 11 is 1.61. The fraction of sp³-hybridized carbons (Fsp3) is 0.409. The van der Waals surface area contributed by atoms with E-state index in [4.69, 9.17) is 4.74 Å². The van der Waals surface area contributed by atoms with Gasteiger partial charge in [0.15, 0.2) is 0 Å². The van der Waals surface area contributed by atoms with Crippen LogP contribution in [0.1, 0.15) is 24.6 Å². The Labute approximate surface area is 180 Å². The largest absolute Gasteiger partial charge is 0.467 e. The van der Waals surface area contributed by atoms with Crippen LogP contribution < -0.4 is 5.32 Å². The molecule has 0 bridgehead atoms. The van der Waals surface area contributed by atoms with Gasteiger partial charge in [-0.3, -0.25) is 4.79 Å². The molecule has 0 aliphatic carbocycles. The van der Waals surface area contributed by atoms with Crippen LogP contribution >= 0.6 is 11.3 Å². The number of rotatable bonds is 7. The van der Waals surface area contributed by atoms with Crippen LogP contribution in [-0.4, -0.2) is 60.0 Å². The van der Waals surface area contributed by atoms with E-state index in [1.54, 1.807) is 23.2 Å². The van der Waals surface area contributed by atoms with Crippen molar-refractivity contribution in [1.82, 2.24) is 9.80 Å². The van der Waals surface area contributed by atoms with Gasteiger partial charge in [0.25, 0.3) is 0 Å². The summed E-state index contributed by atoms with van der Waals surface area (Å²) in [4.78, 5) is 42.6. The lowest BCUT2D eigenvalue weighted by Crippen LogP contribution is -2.54. The van der Waals surface area contributed by atoms with E-state index in [1.807, 2.05) is 47.8 Å². The molecule has 1 N–H and O–H groups in total. The number of nitrogens with zero attached hydrogens (tertiary/aromatic N) is 2. The minimum atomic E-state index is -0.735. The normalized spacial score (nSPS) is 16.7. The SMILES string of the molecule is COC(=O)C(C)N(CCc1cccs1)C(=O)N1CCCC1C(=O)Nc1ccccc1. The number of thiophene rings is 1. The van der Waals surface area contributed by atoms with Crippen LogP contribution in [0, 0.1) is 0 Å². The van der Waals surface area contributed by atoms with Crippen LogP contribution in [-0.2, 0) is 20.7 Å². The van der Waals surface area contributed by atoms with Crippen molar-refractivity contribution in [2.45, 2.75) is 38.3 Å². The molecule has 30 heavy (non-hydrogen) atoms. The van der Waals surface area contributed by atoms with Crippen LogP contribution in [0.25, 0.3) is 0 Å². The van der Waals surface area contributed by atoms with Crippen molar-refractivity contribution in [3.8, 4) is 0 Å². The first kappa shape index (κ1) is 21.8. The summed E-state index contributed by atoms with van der Waals surface area (Å²) in [6.07, 6.45) is 1.97. The maximum atomic E-state index is 13.4. The first-order valence-corrected chi connectivity index (χ1v) is 10.9. The van der Waals surface area contributed by atoms with Gasteiger partial charge in [0.05, 0.1) is 7.11 Å². The van der Waals surface area contributed by atoms with E-state index in [0.717, 1.165) is 11.3 Å². The lowest BCUT2D eigenvalue weighted by atomic mass is 10.2. The second-order valence-electron chi connectivity index (χ2n) is 7.21. The van der Waals surface area contributed by atoms with Gasteiger partial charge < -0.3 is 19.9 Å². The molecule has 0 spiro atoms. The van der Waals surface area contributed by atoms with Crippen molar-refractivity contribution in [1.29, 1.82) is 0 Å². The number of esters is 1. The molecule has 2 unspecified atom stereocenters. The minimum Gasteiger partial charge on any atom is -0.467 e. The van der Waals surface area contributed by atoms with Crippen LogP contribution in [0.3, 0.4) is 0 Å². The topological polar surface area (TPSA) is 79.0 Å². The number of hydrogen-bond donors (Lipinski definition) is 1. The fourth-order valence-corrected chi connectivity index (χ4v) is 4.32. The third-order valence-corrected chi connectivity index (χ3v) is 6.21. The Morgan fingerprint density at radius 2 is 2.00 bits per heavy atom. The highest BCUT2D eigenvalue weighted by atomic mass is 32.1. The van der Waals surface area contributed by atoms with Crippen molar-refractivity contribution in [3.63, 3.8) is 0 Å². The maximum absolute atomic E-state index is 13.4. The second-order valence-corrected chi connectivity index (χ2v) is 8.24. The number of anilines is 1. The van der Waals surface area contributed by atoms with Gasteiger partial charge in [0.2, 0.25) is 5.91 Å².